The average Bonchev–Trinajstić information content (AvgIpc) is 2.87. The van der Waals surface area contributed by atoms with Gasteiger partial charge in [-0.2, -0.15) is 0 Å². The first-order valence-electron chi connectivity index (χ1n) is 14.1. The van der Waals surface area contributed by atoms with Crippen molar-refractivity contribution in [3.8, 4) is 5.75 Å². The van der Waals surface area contributed by atoms with Crippen LogP contribution in [0.15, 0.2) is 54.6 Å². The third-order valence-corrected chi connectivity index (χ3v) is 6.88. The molecule has 2 aromatic rings. The van der Waals surface area contributed by atoms with Crippen LogP contribution in [0.2, 0.25) is 0 Å². The van der Waals surface area contributed by atoms with Crippen molar-refractivity contribution in [1.82, 2.24) is 0 Å². The van der Waals surface area contributed by atoms with E-state index in [4.69, 9.17) is 9.47 Å². The van der Waals surface area contributed by atoms with E-state index in [-0.39, 0.29) is 18.0 Å². The number of nitrogens with zero attached hydrogens (tertiary/aromatic N) is 1. The maximum absolute atomic E-state index is 13.0. The Morgan fingerprint density at radius 1 is 0.833 bits per heavy atom. The number of rotatable bonds is 18. The zero-order valence-electron chi connectivity index (χ0n) is 23.5. The lowest BCUT2D eigenvalue weighted by molar-refractivity contribution is -0.906. The van der Waals surface area contributed by atoms with Gasteiger partial charge in [0.15, 0.2) is 0 Å². The molecule has 0 saturated carbocycles. The fraction of sp³-hybridized carbons (Fsp3) is 0.594. The SMILES string of the molecule is CCCCCCCCc1cccc(OC(CC)COC(=O)C(CC)C[N+](C)(C)Cc2ccccc2)c1. The highest BCUT2D eigenvalue weighted by Crippen LogP contribution is 2.20. The summed E-state index contributed by atoms with van der Waals surface area (Å²) in [5, 5.41) is 0. The lowest BCUT2D eigenvalue weighted by Gasteiger charge is -2.32. The van der Waals surface area contributed by atoms with Gasteiger partial charge < -0.3 is 14.0 Å². The van der Waals surface area contributed by atoms with Crippen molar-refractivity contribution >= 4 is 5.97 Å². The standard InChI is InChI=1S/C32H50NO3/c1-6-9-10-11-12-14-18-27-21-17-22-31(23-27)36-30(8-3)26-35-32(34)29(7-2)25-33(4,5)24-28-19-15-13-16-20-28/h13,15-17,19-23,29-30H,6-12,14,18,24-26H2,1-5H3/q+1. The smallest absolute Gasteiger partial charge is 0.314 e. The molecule has 0 radical (unpaired) electrons. The first-order valence-corrected chi connectivity index (χ1v) is 14.1. The highest BCUT2D eigenvalue weighted by Gasteiger charge is 2.28. The van der Waals surface area contributed by atoms with Crippen LogP contribution in [0.5, 0.6) is 5.75 Å². The van der Waals surface area contributed by atoms with Crippen LogP contribution in [0.3, 0.4) is 0 Å². The van der Waals surface area contributed by atoms with Gasteiger partial charge in [0.05, 0.1) is 20.6 Å². The minimum Gasteiger partial charge on any atom is -0.487 e. The number of unbranched alkanes of at least 4 members (excludes halogenated alkanes) is 5. The Balaban J connectivity index is 1.82. The van der Waals surface area contributed by atoms with Gasteiger partial charge in [-0.05, 0) is 43.4 Å². The van der Waals surface area contributed by atoms with Crippen molar-refractivity contribution in [2.75, 3.05) is 27.2 Å². The molecule has 0 bridgehead atoms. The van der Waals surface area contributed by atoms with Gasteiger partial charge in [0, 0.05) is 5.56 Å². The third kappa shape index (κ3) is 11.6. The topological polar surface area (TPSA) is 35.5 Å². The monoisotopic (exact) mass is 496 g/mol. The minimum atomic E-state index is -0.137. The molecule has 2 aromatic carbocycles. The van der Waals surface area contributed by atoms with E-state index in [0.29, 0.717) is 6.61 Å². The van der Waals surface area contributed by atoms with E-state index in [0.717, 1.165) is 42.6 Å². The van der Waals surface area contributed by atoms with Gasteiger partial charge in [-0.1, -0.05) is 95.3 Å². The molecule has 0 heterocycles. The van der Waals surface area contributed by atoms with Gasteiger partial charge in [0.25, 0.3) is 0 Å². The second-order valence-electron chi connectivity index (χ2n) is 10.8. The van der Waals surface area contributed by atoms with Crippen molar-refractivity contribution in [3.05, 3.63) is 65.7 Å². The van der Waals surface area contributed by atoms with Crippen LogP contribution in [-0.2, 0) is 22.5 Å². The lowest BCUT2D eigenvalue weighted by Crippen LogP contribution is -2.45. The van der Waals surface area contributed by atoms with Gasteiger partial charge in [-0.3, -0.25) is 4.79 Å². The maximum atomic E-state index is 13.0. The molecule has 4 heteroatoms. The Bertz CT molecular complexity index is 865. The number of benzene rings is 2. The second-order valence-corrected chi connectivity index (χ2v) is 10.8. The summed E-state index contributed by atoms with van der Waals surface area (Å²) in [6.07, 6.45) is 10.3. The van der Waals surface area contributed by atoms with Crippen molar-refractivity contribution in [2.24, 2.45) is 5.92 Å². The number of hydrogen-bond donors (Lipinski definition) is 0. The minimum absolute atomic E-state index is 0.115. The van der Waals surface area contributed by atoms with Crippen LogP contribution in [0.4, 0.5) is 0 Å². The Labute approximate surface area is 220 Å². The third-order valence-electron chi connectivity index (χ3n) is 6.88. The maximum Gasteiger partial charge on any atom is 0.314 e. The van der Waals surface area contributed by atoms with E-state index >= 15 is 0 Å². The van der Waals surface area contributed by atoms with Gasteiger partial charge in [0.2, 0.25) is 0 Å². The van der Waals surface area contributed by atoms with Crippen LogP contribution in [0.1, 0.15) is 83.3 Å². The molecule has 36 heavy (non-hydrogen) atoms. The molecule has 0 aliphatic heterocycles. The van der Waals surface area contributed by atoms with Crippen molar-refractivity contribution in [3.63, 3.8) is 0 Å². The molecule has 0 spiro atoms. The Morgan fingerprint density at radius 3 is 2.22 bits per heavy atom. The molecule has 2 atom stereocenters. The van der Waals surface area contributed by atoms with E-state index in [1.807, 2.05) is 12.1 Å². The summed E-state index contributed by atoms with van der Waals surface area (Å²) in [5.41, 5.74) is 2.60. The molecule has 4 nitrogen and oxygen atoms in total. The summed E-state index contributed by atoms with van der Waals surface area (Å²) < 4.78 is 12.8. The van der Waals surface area contributed by atoms with Crippen LogP contribution in [0, 0.1) is 5.92 Å². The largest absolute Gasteiger partial charge is 0.487 e. The Morgan fingerprint density at radius 2 is 1.53 bits per heavy atom. The lowest BCUT2D eigenvalue weighted by atomic mass is 10.0. The first-order chi connectivity index (χ1) is 17.4. The van der Waals surface area contributed by atoms with Crippen LogP contribution in [0.25, 0.3) is 0 Å². The fourth-order valence-corrected chi connectivity index (χ4v) is 4.71. The highest BCUT2D eigenvalue weighted by molar-refractivity contribution is 5.72. The molecule has 200 valence electrons. The summed E-state index contributed by atoms with van der Waals surface area (Å²) in [6.45, 7) is 8.33. The Hall–Kier alpha value is -2.33. The second kappa shape index (κ2) is 16.4. The summed E-state index contributed by atoms with van der Waals surface area (Å²) in [4.78, 5) is 13.0. The van der Waals surface area contributed by atoms with E-state index in [9.17, 15) is 4.79 Å². The van der Waals surface area contributed by atoms with E-state index in [1.165, 1.54) is 49.7 Å². The van der Waals surface area contributed by atoms with Crippen LogP contribution >= 0.6 is 0 Å². The van der Waals surface area contributed by atoms with E-state index < -0.39 is 0 Å². The molecule has 2 unspecified atom stereocenters. The van der Waals surface area contributed by atoms with E-state index in [2.05, 4.69) is 77.3 Å². The van der Waals surface area contributed by atoms with E-state index in [1.54, 1.807) is 0 Å². The molecule has 0 fully saturated rings. The van der Waals surface area contributed by atoms with Crippen molar-refractivity contribution in [1.29, 1.82) is 0 Å². The van der Waals surface area contributed by atoms with Gasteiger partial charge in [-0.15, -0.1) is 0 Å². The van der Waals surface area contributed by atoms with Crippen molar-refractivity contribution in [2.45, 2.75) is 91.2 Å². The molecule has 2 rings (SSSR count). The first kappa shape index (κ1) is 29.9. The van der Waals surface area contributed by atoms with Gasteiger partial charge in [0.1, 0.15) is 30.9 Å². The molecule has 0 aliphatic carbocycles. The summed E-state index contributed by atoms with van der Waals surface area (Å²) in [5.74, 6) is 0.631. The summed E-state index contributed by atoms with van der Waals surface area (Å²) in [6, 6.07) is 18.9. The van der Waals surface area contributed by atoms with Crippen LogP contribution < -0.4 is 4.74 Å². The normalized spacial score (nSPS) is 13.2. The van der Waals surface area contributed by atoms with Crippen molar-refractivity contribution < 1.29 is 18.8 Å². The molecular formula is C32H50NO3+. The predicted molar refractivity (Wildman–Crippen MR) is 150 cm³/mol. The molecule has 0 aromatic heterocycles. The number of aryl methyl sites for hydroxylation is 1. The number of carbonyl (C=O) groups excluding carboxylic acids is 1. The molecule has 0 N–H and O–H groups in total. The number of hydrogen-bond acceptors (Lipinski definition) is 3. The highest BCUT2D eigenvalue weighted by atomic mass is 16.6. The molecule has 0 saturated heterocycles. The molecule has 0 amide bonds. The molecular weight excluding hydrogens is 446 g/mol. The summed E-state index contributed by atoms with van der Waals surface area (Å²) >= 11 is 0. The zero-order chi connectivity index (χ0) is 26.2. The quantitative estimate of drug-likeness (QED) is 0.121. The molecule has 0 aliphatic rings. The number of esters is 1. The number of quaternary nitrogens is 1. The predicted octanol–water partition coefficient (Wildman–Crippen LogP) is 7.59. The fourth-order valence-electron chi connectivity index (χ4n) is 4.71. The summed E-state index contributed by atoms with van der Waals surface area (Å²) in [7, 11) is 4.36. The van der Waals surface area contributed by atoms with Crippen LogP contribution in [-0.4, -0.2) is 43.8 Å². The zero-order valence-corrected chi connectivity index (χ0v) is 23.5. The number of carbonyl (C=O) groups is 1. The van der Waals surface area contributed by atoms with Gasteiger partial charge in [-0.25, -0.2) is 0 Å². The number of ether oxygens (including phenoxy) is 2. The van der Waals surface area contributed by atoms with Gasteiger partial charge >= 0.3 is 5.97 Å². The Kier molecular flexibility index (Phi) is 13.6. The average molecular weight is 497 g/mol.